The van der Waals surface area contributed by atoms with Gasteiger partial charge in [0.05, 0.1) is 0 Å². The third kappa shape index (κ3) is 3.05. The van der Waals surface area contributed by atoms with Crippen LogP contribution < -0.4 is 5.32 Å². The van der Waals surface area contributed by atoms with Gasteiger partial charge in [-0.05, 0) is 37.5 Å². The molecule has 15 heavy (non-hydrogen) atoms. The largest absolute Gasteiger partial charge is 0.310 e. The normalized spacial score (nSPS) is 12.3. The summed E-state index contributed by atoms with van der Waals surface area (Å²) in [6.07, 6.45) is 2.62. The molecule has 1 aromatic rings. The van der Waals surface area contributed by atoms with E-state index in [-0.39, 0.29) is 11.8 Å². The molecule has 0 aliphatic rings. The van der Waals surface area contributed by atoms with Crippen molar-refractivity contribution in [2.45, 2.75) is 34.1 Å². The molecule has 0 spiro atoms. The molecule has 3 nitrogen and oxygen atoms in total. The lowest BCUT2D eigenvalue weighted by atomic mass is 10.1. The maximum absolute atomic E-state index is 11.6. The summed E-state index contributed by atoms with van der Waals surface area (Å²) in [6, 6.07) is 1.90. The highest BCUT2D eigenvalue weighted by molar-refractivity contribution is 5.91. The van der Waals surface area contributed by atoms with Crippen LogP contribution in [-0.4, -0.2) is 10.9 Å². The van der Waals surface area contributed by atoms with Crippen LogP contribution in [0.3, 0.4) is 0 Å². The minimum absolute atomic E-state index is 0.0354. The molecule has 0 aliphatic heterocycles. The number of hydrogen-bond donors (Lipinski definition) is 1. The second kappa shape index (κ2) is 4.91. The van der Waals surface area contributed by atoms with Gasteiger partial charge in [-0.2, -0.15) is 0 Å². The van der Waals surface area contributed by atoms with E-state index in [1.54, 1.807) is 6.20 Å². The molecule has 1 unspecified atom stereocenters. The summed E-state index contributed by atoms with van der Waals surface area (Å²) in [5, 5.41) is 2.81. The monoisotopic (exact) mass is 206 g/mol. The molecule has 0 aromatic carbocycles. The summed E-state index contributed by atoms with van der Waals surface area (Å²) in [5.41, 5.74) is 2.28. The van der Waals surface area contributed by atoms with Crippen molar-refractivity contribution in [3.05, 3.63) is 23.4 Å². The van der Waals surface area contributed by atoms with Crippen LogP contribution in [0.25, 0.3) is 0 Å². The first-order chi connectivity index (χ1) is 7.04. The number of pyridine rings is 1. The number of nitrogens with one attached hydrogen (secondary N) is 1. The zero-order valence-electron chi connectivity index (χ0n) is 9.79. The van der Waals surface area contributed by atoms with Crippen LogP contribution in [0, 0.1) is 19.8 Å². The van der Waals surface area contributed by atoms with E-state index in [0.29, 0.717) is 5.82 Å². The molecule has 0 radical (unpaired) electrons. The summed E-state index contributed by atoms with van der Waals surface area (Å²) >= 11 is 0. The van der Waals surface area contributed by atoms with E-state index in [2.05, 4.69) is 10.3 Å². The van der Waals surface area contributed by atoms with Crippen LogP contribution in [0.1, 0.15) is 31.4 Å². The summed E-state index contributed by atoms with van der Waals surface area (Å²) in [6.45, 7) is 7.92. The minimum Gasteiger partial charge on any atom is -0.310 e. The number of anilines is 1. The molecule has 1 rings (SSSR count). The third-order valence-electron chi connectivity index (χ3n) is 2.68. The van der Waals surface area contributed by atoms with Crippen molar-refractivity contribution in [1.82, 2.24) is 4.98 Å². The van der Waals surface area contributed by atoms with Gasteiger partial charge in [0.15, 0.2) is 0 Å². The van der Waals surface area contributed by atoms with Crippen molar-refractivity contribution >= 4 is 11.7 Å². The van der Waals surface area contributed by atoms with Crippen molar-refractivity contribution in [2.24, 2.45) is 5.92 Å². The van der Waals surface area contributed by atoms with Gasteiger partial charge in [0.1, 0.15) is 5.82 Å². The number of rotatable bonds is 3. The molecule has 1 amide bonds. The van der Waals surface area contributed by atoms with Gasteiger partial charge in [0.2, 0.25) is 5.91 Å². The van der Waals surface area contributed by atoms with E-state index in [0.717, 1.165) is 17.5 Å². The highest BCUT2D eigenvalue weighted by atomic mass is 16.1. The molecule has 1 heterocycles. The lowest BCUT2D eigenvalue weighted by molar-refractivity contribution is -0.119. The molecule has 0 aliphatic carbocycles. The standard InChI is InChI=1S/C12H18N2O/c1-5-8(2)12(15)14-11-6-9(3)10(4)7-13-11/h6-8H,5H2,1-4H3,(H,13,14,15). The summed E-state index contributed by atoms with van der Waals surface area (Å²) in [4.78, 5) is 15.8. The van der Waals surface area contributed by atoms with Gasteiger partial charge in [-0.1, -0.05) is 13.8 Å². The smallest absolute Gasteiger partial charge is 0.228 e. The average Bonchev–Trinajstić information content (AvgIpc) is 2.22. The molecule has 1 atom stereocenters. The van der Waals surface area contributed by atoms with Gasteiger partial charge < -0.3 is 5.32 Å². The van der Waals surface area contributed by atoms with Crippen molar-refractivity contribution in [3.8, 4) is 0 Å². The van der Waals surface area contributed by atoms with Crippen LogP contribution in [0.4, 0.5) is 5.82 Å². The summed E-state index contributed by atoms with van der Waals surface area (Å²) in [5.74, 6) is 0.713. The van der Waals surface area contributed by atoms with Crippen molar-refractivity contribution in [2.75, 3.05) is 5.32 Å². The van der Waals surface area contributed by atoms with Gasteiger partial charge in [0.25, 0.3) is 0 Å². The van der Waals surface area contributed by atoms with Gasteiger partial charge in [-0.25, -0.2) is 4.98 Å². The first-order valence-corrected chi connectivity index (χ1v) is 5.28. The van der Waals surface area contributed by atoms with Gasteiger partial charge >= 0.3 is 0 Å². The Bertz CT molecular complexity index is 361. The SMILES string of the molecule is CCC(C)C(=O)Nc1cc(C)c(C)cn1. The van der Waals surface area contributed by atoms with E-state index in [4.69, 9.17) is 0 Å². The maximum Gasteiger partial charge on any atom is 0.228 e. The zero-order chi connectivity index (χ0) is 11.4. The predicted octanol–water partition coefficient (Wildman–Crippen LogP) is 2.68. The fourth-order valence-corrected chi connectivity index (χ4v) is 1.13. The zero-order valence-corrected chi connectivity index (χ0v) is 9.79. The number of aromatic nitrogens is 1. The van der Waals surface area contributed by atoms with Crippen molar-refractivity contribution in [1.29, 1.82) is 0 Å². The number of carbonyl (C=O) groups excluding carboxylic acids is 1. The van der Waals surface area contributed by atoms with E-state index in [1.165, 1.54) is 0 Å². The molecule has 1 aromatic heterocycles. The van der Waals surface area contributed by atoms with Crippen LogP contribution in [0.5, 0.6) is 0 Å². The lowest BCUT2D eigenvalue weighted by Crippen LogP contribution is -2.20. The third-order valence-corrected chi connectivity index (χ3v) is 2.68. The fraction of sp³-hybridized carbons (Fsp3) is 0.500. The van der Waals surface area contributed by atoms with Crippen LogP contribution in [0.2, 0.25) is 0 Å². The van der Waals surface area contributed by atoms with E-state index in [1.807, 2.05) is 33.8 Å². The molecular weight excluding hydrogens is 188 g/mol. The Kier molecular flexibility index (Phi) is 3.83. The van der Waals surface area contributed by atoms with Crippen LogP contribution >= 0.6 is 0 Å². The summed E-state index contributed by atoms with van der Waals surface area (Å²) < 4.78 is 0. The molecule has 3 heteroatoms. The Labute approximate surface area is 90.9 Å². The highest BCUT2D eigenvalue weighted by Crippen LogP contribution is 2.12. The molecule has 0 fully saturated rings. The first kappa shape index (κ1) is 11.7. The first-order valence-electron chi connectivity index (χ1n) is 5.28. The Balaban J connectivity index is 2.73. The Morgan fingerprint density at radius 3 is 2.67 bits per heavy atom. The number of aryl methyl sites for hydroxylation is 2. The Morgan fingerprint density at radius 2 is 2.13 bits per heavy atom. The molecule has 1 N–H and O–H groups in total. The second-order valence-corrected chi connectivity index (χ2v) is 3.95. The Hall–Kier alpha value is -1.38. The number of nitrogens with zero attached hydrogens (tertiary/aromatic N) is 1. The van der Waals surface area contributed by atoms with Gasteiger partial charge in [-0.3, -0.25) is 4.79 Å². The molecule has 0 bridgehead atoms. The minimum atomic E-state index is 0.0354. The highest BCUT2D eigenvalue weighted by Gasteiger charge is 2.11. The second-order valence-electron chi connectivity index (χ2n) is 3.95. The predicted molar refractivity (Wildman–Crippen MR) is 61.8 cm³/mol. The van der Waals surface area contributed by atoms with E-state index in [9.17, 15) is 4.79 Å². The number of amides is 1. The Morgan fingerprint density at radius 1 is 1.47 bits per heavy atom. The van der Waals surface area contributed by atoms with Crippen LogP contribution in [0.15, 0.2) is 12.3 Å². The molecular formula is C12H18N2O. The van der Waals surface area contributed by atoms with Crippen LogP contribution in [-0.2, 0) is 4.79 Å². The van der Waals surface area contributed by atoms with Gasteiger partial charge in [0, 0.05) is 12.1 Å². The topological polar surface area (TPSA) is 42.0 Å². The van der Waals surface area contributed by atoms with Crippen molar-refractivity contribution < 1.29 is 4.79 Å². The molecule has 0 saturated carbocycles. The van der Waals surface area contributed by atoms with E-state index < -0.39 is 0 Å². The lowest BCUT2D eigenvalue weighted by Gasteiger charge is -2.10. The average molecular weight is 206 g/mol. The number of hydrogen-bond acceptors (Lipinski definition) is 2. The number of carbonyl (C=O) groups is 1. The van der Waals surface area contributed by atoms with Crippen molar-refractivity contribution in [3.63, 3.8) is 0 Å². The fourth-order valence-electron chi connectivity index (χ4n) is 1.13. The summed E-state index contributed by atoms with van der Waals surface area (Å²) in [7, 11) is 0. The maximum atomic E-state index is 11.6. The van der Waals surface area contributed by atoms with Gasteiger partial charge in [-0.15, -0.1) is 0 Å². The molecule has 82 valence electrons. The molecule has 0 saturated heterocycles. The van der Waals surface area contributed by atoms with E-state index >= 15 is 0 Å². The quantitative estimate of drug-likeness (QED) is 0.826.